The number of nitrogens with one attached hydrogen (secondary N) is 1. The van der Waals surface area contributed by atoms with Gasteiger partial charge in [-0.25, -0.2) is 0 Å². The number of rotatable bonds is 6. The summed E-state index contributed by atoms with van der Waals surface area (Å²) in [6.07, 6.45) is 0.317. The van der Waals surface area contributed by atoms with Crippen LogP contribution >= 0.6 is 23.4 Å². The van der Waals surface area contributed by atoms with E-state index in [2.05, 4.69) is 52.0 Å². The van der Waals surface area contributed by atoms with E-state index < -0.39 is 0 Å². The molecule has 30 heavy (non-hydrogen) atoms. The molecule has 0 saturated carbocycles. The van der Waals surface area contributed by atoms with Gasteiger partial charge in [0.25, 0.3) is 0 Å². The van der Waals surface area contributed by atoms with Gasteiger partial charge in [-0.1, -0.05) is 41.6 Å². The van der Waals surface area contributed by atoms with Gasteiger partial charge in [-0.3, -0.25) is 9.20 Å². The number of anilines is 1. The molecule has 1 amide bonds. The monoisotopic (exact) mass is 440 g/mol. The van der Waals surface area contributed by atoms with E-state index in [-0.39, 0.29) is 5.91 Å². The van der Waals surface area contributed by atoms with E-state index in [1.807, 2.05) is 6.07 Å². The topological polar surface area (TPSA) is 68.5 Å². The minimum absolute atomic E-state index is 0.117. The van der Waals surface area contributed by atoms with Crippen molar-refractivity contribution in [1.29, 1.82) is 0 Å². The van der Waals surface area contributed by atoms with Crippen LogP contribution < -0.4 is 10.1 Å². The van der Waals surface area contributed by atoms with E-state index in [0.29, 0.717) is 28.6 Å². The molecule has 8 heteroatoms. The number of nitrogens with zero attached hydrogens (tertiary/aromatic N) is 3. The van der Waals surface area contributed by atoms with Crippen LogP contribution in [-0.4, -0.2) is 33.4 Å². The second-order valence-corrected chi connectivity index (χ2v) is 8.46. The molecule has 0 bridgehead atoms. The van der Waals surface area contributed by atoms with Crippen LogP contribution in [0.4, 0.5) is 5.69 Å². The molecule has 1 N–H and O–H groups in total. The van der Waals surface area contributed by atoms with Crippen molar-refractivity contribution in [3.8, 4) is 5.75 Å². The van der Waals surface area contributed by atoms with Crippen molar-refractivity contribution in [2.45, 2.75) is 25.4 Å². The second-order valence-electron chi connectivity index (χ2n) is 6.97. The van der Waals surface area contributed by atoms with Gasteiger partial charge in [0.15, 0.2) is 10.8 Å². The molecule has 0 aliphatic rings. The summed E-state index contributed by atoms with van der Waals surface area (Å²) in [6.45, 7) is 4.17. The molecular weight excluding hydrogens is 420 g/mol. The fourth-order valence-corrected chi connectivity index (χ4v) is 4.50. The Balaban J connectivity index is 1.51. The summed E-state index contributed by atoms with van der Waals surface area (Å²) in [5, 5.41) is 14.0. The lowest BCUT2D eigenvalue weighted by molar-refractivity contribution is -0.115. The Labute approximate surface area is 183 Å². The summed E-state index contributed by atoms with van der Waals surface area (Å²) in [5.74, 6) is 1.02. The number of para-hydroxylation sites is 1. The van der Waals surface area contributed by atoms with Gasteiger partial charge < -0.3 is 10.1 Å². The first-order chi connectivity index (χ1) is 14.5. The smallest absolute Gasteiger partial charge is 0.225 e. The third-order valence-corrected chi connectivity index (χ3v) is 6.05. The summed E-state index contributed by atoms with van der Waals surface area (Å²) in [6, 6.07) is 13.4. The van der Waals surface area contributed by atoms with Crippen LogP contribution in [0.25, 0.3) is 16.6 Å². The maximum Gasteiger partial charge on any atom is 0.225 e. The molecule has 0 spiro atoms. The Morgan fingerprint density at radius 2 is 2.00 bits per heavy atom. The zero-order valence-corrected chi connectivity index (χ0v) is 18.5. The first kappa shape index (κ1) is 20.5. The molecule has 0 fully saturated rings. The van der Waals surface area contributed by atoms with Crippen molar-refractivity contribution >= 4 is 51.5 Å². The first-order valence-corrected chi connectivity index (χ1v) is 10.8. The molecule has 0 aliphatic heterocycles. The van der Waals surface area contributed by atoms with Crippen molar-refractivity contribution in [2.75, 3.05) is 18.2 Å². The van der Waals surface area contributed by atoms with Crippen molar-refractivity contribution < 1.29 is 9.53 Å². The molecule has 6 nitrogen and oxygen atoms in total. The molecule has 2 aromatic heterocycles. The van der Waals surface area contributed by atoms with Crippen molar-refractivity contribution in [2.24, 2.45) is 0 Å². The summed E-state index contributed by atoms with van der Waals surface area (Å²) >= 11 is 7.54. The summed E-state index contributed by atoms with van der Waals surface area (Å²) < 4.78 is 7.34. The quantitative estimate of drug-likeness (QED) is 0.413. The number of hydrogen-bond donors (Lipinski definition) is 1. The van der Waals surface area contributed by atoms with Gasteiger partial charge in [-0.2, -0.15) is 0 Å². The van der Waals surface area contributed by atoms with Gasteiger partial charge in [0.1, 0.15) is 5.75 Å². The largest absolute Gasteiger partial charge is 0.495 e. The lowest BCUT2D eigenvalue weighted by Gasteiger charge is -2.11. The zero-order valence-electron chi connectivity index (χ0n) is 16.9. The number of carbonyl (C=O) groups is 1. The summed E-state index contributed by atoms with van der Waals surface area (Å²) in [5.41, 5.74) is 4.80. The zero-order chi connectivity index (χ0) is 21.3. The molecule has 4 aromatic rings. The maximum absolute atomic E-state index is 12.4. The normalized spacial score (nSPS) is 11.2. The molecule has 0 atom stereocenters. The van der Waals surface area contributed by atoms with Crippen molar-refractivity contribution in [3.63, 3.8) is 0 Å². The highest BCUT2D eigenvalue weighted by Crippen LogP contribution is 2.29. The van der Waals surface area contributed by atoms with E-state index in [1.54, 1.807) is 25.3 Å². The number of aromatic nitrogens is 3. The van der Waals surface area contributed by atoms with Gasteiger partial charge in [-0.05, 0) is 49.2 Å². The average Bonchev–Trinajstić information content (AvgIpc) is 3.11. The van der Waals surface area contributed by atoms with Gasteiger partial charge in [0.2, 0.25) is 5.91 Å². The minimum Gasteiger partial charge on any atom is -0.495 e. The van der Waals surface area contributed by atoms with Gasteiger partial charge in [0.05, 0.1) is 18.3 Å². The van der Waals surface area contributed by atoms with Gasteiger partial charge in [-0.15, -0.1) is 10.2 Å². The van der Waals surface area contributed by atoms with E-state index in [1.165, 1.54) is 22.7 Å². The predicted octanol–water partition coefficient (Wildman–Crippen LogP) is 5.28. The van der Waals surface area contributed by atoms with Crippen LogP contribution in [0.2, 0.25) is 5.02 Å². The van der Waals surface area contributed by atoms with Crippen LogP contribution in [0.3, 0.4) is 0 Å². The Morgan fingerprint density at radius 1 is 1.17 bits per heavy atom. The molecular formula is C22H21ClN4O2S. The number of carbonyl (C=O) groups excluding carboxylic acids is 1. The minimum atomic E-state index is -0.117. The number of pyridine rings is 1. The third-order valence-electron chi connectivity index (χ3n) is 4.89. The highest BCUT2D eigenvalue weighted by Gasteiger charge is 2.14. The van der Waals surface area contributed by atoms with E-state index in [9.17, 15) is 4.79 Å². The highest BCUT2D eigenvalue weighted by atomic mass is 35.5. The average molecular weight is 441 g/mol. The Hall–Kier alpha value is -2.77. The first-order valence-electron chi connectivity index (χ1n) is 9.48. The van der Waals surface area contributed by atoms with Crippen LogP contribution in [0.1, 0.15) is 17.5 Å². The molecule has 0 unspecified atom stereocenters. The van der Waals surface area contributed by atoms with E-state index in [4.69, 9.17) is 16.3 Å². The summed E-state index contributed by atoms with van der Waals surface area (Å²) in [4.78, 5) is 12.4. The number of amides is 1. The van der Waals surface area contributed by atoms with Crippen molar-refractivity contribution in [1.82, 2.24) is 14.6 Å². The third kappa shape index (κ3) is 3.95. The molecule has 2 aromatic carbocycles. The lowest BCUT2D eigenvalue weighted by atomic mass is 10.1. The number of ether oxygens (including phenoxy) is 1. The number of aryl methyl sites for hydroxylation is 2. The molecule has 0 saturated heterocycles. The summed E-state index contributed by atoms with van der Waals surface area (Å²) in [7, 11) is 1.55. The van der Waals surface area contributed by atoms with Gasteiger partial charge >= 0.3 is 0 Å². The Morgan fingerprint density at radius 3 is 2.80 bits per heavy atom. The molecule has 154 valence electrons. The molecule has 0 aliphatic carbocycles. The molecule has 4 rings (SSSR count). The number of fused-ring (bicyclic) bond motifs is 3. The number of methoxy groups -OCH3 is 1. The second kappa shape index (κ2) is 8.53. The standard InChI is InChI=1S/C22H21ClN4O2S/c1-13-5-4-6-16-14(2)11-19-25-26-22(27(19)21(13)16)30-10-9-20(28)24-17-12-15(23)7-8-18(17)29-3/h4-8,11-12H,9-10H2,1-3H3,(H,24,28). The lowest BCUT2D eigenvalue weighted by Crippen LogP contribution is -2.13. The van der Waals surface area contributed by atoms with Crippen LogP contribution in [0.15, 0.2) is 47.6 Å². The number of thioether (sulfide) groups is 1. The maximum atomic E-state index is 12.4. The molecule has 2 heterocycles. The Bertz CT molecular complexity index is 1260. The van der Waals surface area contributed by atoms with E-state index >= 15 is 0 Å². The van der Waals surface area contributed by atoms with E-state index in [0.717, 1.165) is 21.9 Å². The molecule has 0 radical (unpaired) electrons. The number of benzene rings is 2. The van der Waals surface area contributed by atoms with Crippen LogP contribution in [-0.2, 0) is 4.79 Å². The van der Waals surface area contributed by atoms with Crippen LogP contribution in [0, 0.1) is 13.8 Å². The SMILES string of the molecule is COc1ccc(Cl)cc1NC(=O)CCSc1nnc2cc(C)c3cccc(C)c3n12. The van der Waals surface area contributed by atoms with Gasteiger partial charge in [0, 0.05) is 22.6 Å². The fraction of sp³-hybridized carbons (Fsp3) is 0.227. The number of hydrogen-bond acceptors (Lipinski definition) is 5. The highest BCUT2D eigenvalue weighted by molar-refractivity contribution is 7.99. The fourth-order valence-electron chi connectivity index (χ4n) is 3.45. The Kier molecular flexibility index (Phi) is 5.83. The number of halogens is 1. The van der Waals surface area contributed by atoms with Crippen LogP contribution in [0.5, 0.6) is 5.75 Å². The van der Waals surface area contributed by atoms with Crippen molar-refractivity contribution in [3.05, 3.63) is 58.6 Å². The predicted molar refractivity (Wildman–Crippen MR) is 122 cm³/mol.